The molecule has 33 heavy (non-hydrogen) atoms. The van der Waals surface area contributed by atoms with Gasteiger partial charge in [-0.15, -0.1) is 24.0 Å². The molecule has 1 aromatic carbocycles. The number of carbonyl (C=O) groups excluding carboxylic acids is 1. The van der Waals surface area contributed by atoms with Crippen LogP contribution < -0.4 is 5.32 Å². The minimum atomic E-state index is -0.0337. The van der Waals surface area contributed by atoms with Crippen molar-refractivity contribution < 1.29 is 4.79 Å². The first-order valence-corrected chi connectivity index (χ1v) is 12.1. The fourth-order valence-corrected chi connectivity index (χ4v) is 4.76. The Bertz CT molecular complexity index is 932. The van der Waals surface area contributed by atoms with E-state index in [1.165, 1.54) is 10.9 Å². The molecule has 2 aromatic rings. The maximum Gasteiger partial charge on any atom is 0.239 e. The fourth-order valence-electron chi connectivity index (χ4n) is 4.76. The lowest BCUT2D eigenvalue weighted by Crippen LogP contribution is -2.57. The molecule has 0 bridgehead atoms. The molecule has 0 spiro atoms. The van der Waals surface area contributed by atoms with E-state index in [1.54, 1.807) is 0 Å². The van der Waals surface area contributed by atoms with Crippen molar-refractivity contribution in [1.29, 1.82) is 0 Å². The summed E-state index contributed by atoms with van der Waals surface area (Å²) < 4.78 is 0. The third-order valence-corrected chi connectivity index (χ3v) is 6.63. The van der Waals surface area contributed by atoms with E-state index in [9.17, 15) is 4.79 Å². The number of amides is 1. The normalized spacial score (nSPS) is 18.3. The van der Waals surface area contributed by atoms with Crippen LogP contribution in [0.3, 0.4) is 0 Å². The highest BCUT2D eigenvalue weighted by atomic mass is 127. The number of nitrogens with one attached hydrogen (secondary N) is 1. The number of fused-ring (bicyclic) bond motifs is 1. The number of para-hydroxylation sites is 1. The molecule has 2 saturated heterocycles. The molecule has 3 heterocycles. The molecule has 180 valence electrons. The molecular weight excluding hydrogens is 527 g/mol. The minimum absolute atomic E-state index is 0. The summed E-state index contributed by atoms with van der Waals surface area (Å²) in [6, 6.07) is 10.4. The predicted octanol–water partition coefficient (Wildman–Crippen LogP) is 2.99. The number of halogens is 1. The van der Waals surface area contributed by atoms with Gasteiger partial charge in [0.25, 0.3) is 0 Å². The van der Waals surface area contributed by atoms with Gasteiger partial charge in [0.1, 0.15) is 0 Å². The molecule has 1 aromatic heterocycles. The zero-order valence-corrected chi connectivity index (χ0v) is 22.2. The van der Waals surface area contributed by atoms with E-state index >= 15 is 0 Å². The second-order valence-electron chi connectivity index (χ2n) is 8.71. The number of aliphatic imine (C=N–C) groups is 1. The van der Waals surface area contributed by atoms with Crippen LogP contribution in [0.5, 0.6) is 0 Å². The Hall–Kier alpha value is -1.94. The number of piperazine rings is 1. The van der Waals surface area contributed by atoms with Crippen molar-refractivity contribution in [3.8, 4) is 0 Å². The number of guanidine groups is 1. The molecule has 0 aliphatic carbocycles. The zero-order chi connectivity index (χ0) is 22.3. The number of pyridine rings is 1. The lowest BCUT2D eigenvalue weighted by molar-refractivity contribution is -0.135. The first-order valence-electron chi connectivity index (χ1n) is 12.1. The summed E-state index contributed by atoms with van der Waals surface area (Å²) in [5, 5.41) is 4.63. The van der Waals surface area contributed by atoms with Gasteiger partial charge >= 0.3 is 0 Å². The van der Waals surface area contributed by atoms with E-state index in [-0.39, 0.29) is 30.0 Å². The first kappa shape index (κ1) is 25.7. The molecule has 2 aliphatic rings. The quantitative estimate of drug-likeness (QED) is 0.332. The number of hydrogen-bond acceptors (Lipinski definition) is 4. The molecule has 1 N–H and O–H groups in total. The predicted molar refractivity (Wildman–Crippen MR) is 145 cm³/mol. The van der Waals surface area contributed by atoms with Gasteiger partial charge in [-0.3, -0.25) is 19.7 Å². The van der Waals surface area contributed by atoms with Crippen molar-refractivity contribution in [2.75, 3.05) is 52.4 Å². The highest BCUT2D eigenvalue weighted by Crippen LogP contribution is 2.17. The van der Waals surface area contributed by atoms with E-state index in [0.717, 1.165) is 83.1 Å². The number of benzene rings is 1. The van der Waals surface area contributed by atoms with E-state index in [0.29, 0.717) is 5.91 Å². The van der Waals surface area contributed by atoms with Crippen LogP contribution in [0.4, 0.5) is 0 Å². The third-order valence-electron chi connectivity index (χ3n) is 6.63. The number of likely N-dealkylation sites (tertiary alicyclic amines) is 1. The maximum atomic E-state index is 12.8. The molecule has 1 amide bonds. The smallest absolute Gasteiger partial charge is 0.239 e. The van der Waals surface area contributed by atoms with Crippen molar-refractivity contribution in [2.24, 2.45) is 4.99 Å². The maximum absolute atomic E-state index is 12.8. The number of nitrogens with zero attached hydrogens (tertiary/aromatic N) is 5. The summed E-state index contributed by atoms with van der Waals surface area (Å²) in [7, 11) is 0. The van der Waals surface area contributed by atoms with E-state index in [1.807, 2.05) is 17.2 Å². The summed E-state index contributed by atoms with van der Waals surface area (Å²) in [4.78, 5) is 28.9. The Morgan fingerprint density at radius 3 is 2.52 bits per heavy atom. The largest absolute Gasteiger partial charge is 0.357 e. The third kappa shape index (κ3) is 6.35. The van der Waals surface area contributed by atoms with Crippen LogP contribution in [0.25, 0.3) is 10.9 Å². The van der Waals surface area contributed by atoms with Gasteiger partial charge < -0.3 is 15.1 Å². The van der Waals surface area contributed by atoms with Gasteiger partial charge in [0.2, 0.25) is 5.91 Å². The Morgan fingerprint density at radius 1 is 1.06 bits per heavy atom. The standard InChI is InChI=1S/C25H36N6O.HI/c1-3-26-25(28-13-11-22-9-6-8-21-10-7-12-27-23(21)22)31-18-16-29(17-19-31)20(2)24(32)30-14-4-5-15-30;/h6-10,12,20H,3-5,11,13-19H2,1-2H3,(H,26,28);1H. The molecule has 2 aliphatic heterocycles. The molecule has 1 atom stereocenters. The van der Waals surface area contributed by atoms with Gasteiger partial charge in [-0.1, -0.05) is 24.3 Å². The van der Waals surface area contributed by atoms with Crippen LogP contribution in [0.2, 0.25) is 0 Å². The Morgan fingerprint density at radius 2 is 1.79 bits per heavy atom. The van der Waals surface area contributed by atoms with Crippen LogP contribution in [0.15, 0.2) is 41.5 Å². The van der Waals surface area contributed by atoms with Crippen LogP contribution in [0, 0.1) is 0 Å². The highest BCUT2D eigenvalue weighted by molar-refractivity contribution is 14.0. The molecular formula is C25H37IN6O. The average Bonchev–Trinajstić information content (AvgIpc) is 3.38. The monoisotopic (exact) mass is 564 g/mol. The lowest BCUT2D eigenvalue weighted by atomic mass is 10.1. The summed E-state index contributed by atoms with van der Waals surface area (Å²) in [5.41, 5.74) is 2.31. The van der Waals surface area contributed by atoms with Gasteiger partial charge in [0.15, 0.2) is 5.96 Å². The Kier molecular flexibility index (Phi) is 9.73. The molecule has 8 heteroatoms. The summed E-state index contributed by atoms with van der Waals surface area (Å²) in [6.45, 7) is 11.1. The average molecular weight is 565 g/mol. The second kappa shape index (κ2) is 12.5. The summed E-state index contributed by atoms with van der Waals surface area (Å²) in [6.07, 6.45) is 5.01. The first-order chi connectivity index (χ1) is 15.7. The molecule has 7 nitrogen and oxygen atoms in total. The van der Waals surface area contributed by atoms with E-state index < -0.39 is 0 Å². The second-order valence-corrected chi connectivity index (χ2v) is 8.71. The van der Waals surface area contributed by atoms with Crippen molar-refractivity contribution in [1.82, 2.24) is 25.0 Å². The molecule has 4 rings (SSSR count). The number of aromatic nitrogens is 1. The van der Waals surface area contributed by atoms with E-state index in [4.69, 9.17) is 4.99 Å². The summed E-state index contributed by atoms with van der Waals surface area (Å²) >= 11 is 0. The van der Waals surface area contributed by atoms with Crippen LogP contribution in [-0.4, -0.2) is 90.0 Å². The van der Waals surface area contributed by atoms with Crippen molar-refractivity contribution in [3.05, 3.63) is 42.1 Å². The molecule has 0 saturated carbocycles. The lowest BCUT2D eigenvalue weighted by Gasteiger charge is -2.39. The van der Waals surface area contributed by atoms with Crippen molar-refractivity contribution >= 4 is 46.7 Å². The SMILES string of the molecule is CCNC(=NCCc1cccc2cccnc12)N1CCN(C(C)C(=O)N2CCCC2)CC1.I. The van der Waals surface area contributed by atoms with Gasteiger partial charge in [0, 0.05) is 63.9 Å². The molecule has 1 unspecified atom stereocenters. The molecule has 2 fully saturated rings. The topological polar surface area (TPSA) is 64.1 Å². The number of hydrogen-bond donors (Lipinski definition) is 1. The van der Waals surface area contributed by atoms with Gasteiger partial charge in [-0.2, -0.15) is 0 Å². The summed E-state index contributed by atoms with van der Waals surface area (Å²) in [5.74, 6) is 1.26. The fraction of sp³-hybridized carbons (Fsp3) is 0.560. The van der Waals surface area contributed by atoms with Crippen LogP contribution >= 0.6 is 24.0 Å². The molecule has 0 radical (unpaired) electrons. The van der Waals surface area contributed by atoms with Crippen molar-refractivity contribution in [3.63, 3.8) is 0 Å². The van der Waals surface area contributed by atoms with E-state index in [2.05, 4.69) is 58.2 Å². The number of carbonyl (C=O) groups is 1. The highest BCUT2D eigenvalue weighted by Gasteiger charge is 2.30. The van der Waals surface area contributed by atoms with Crippen molar-refractivity contribution in [2.45, 2.75) is 39.2 Å². The number of rotatable bonds is 6. The zero-order valence-electron chi connectivity index (χ0n) is 19.9. The van der Waals surface area contributed by atoms with Crippen LogP contribution in [0.1, 0.15) is 32.3 Å². The Balaban J connectivity index is 0.00000306. The van der Waals surface area contributed by atoms with Crippen LogP contribution in [-0.2, 0) is 11.2 Å². The van der Waals surface area contributed by atoms with Gasteiger partial charge in [-0.25, -0.2) is 0 Å². The Labute approximate surface area is 214 Å². The van der Waals surface area contributed by atoms with Gasteiger partial charge in [0.05, 0.1) is 11.6 Å². The van der Waals surface area contributed by atoms with Gasteiger partial charge in [-0.05, 0) is 44.7 Å². The minimum Gasteiger partial charge on any atom is -0.357 e.